The Morgan fingerprint density at radius 2 is 2.08 bits per heavy atom. The van der Waals surface area contributed by atoms with Gasteiger partial charge in [-0.05, 0) is 44.7 Å². The third-order valence-corrected chi connectivity index (χ3v) is 5.74. The lowest BCUT2D eigenvalue weighted by Gasteiger charge is -2.35. The summed E-state index contributed by atoms with van der Waals surface area (Å²) in [6, 6.07) is 9.18. The lowest BCUT2D eigenvalue weighted by atomic mass is 9.98. The average Bonchev–Trinajstić information content (AvgIpc) is 3.16. The molecule has 2 aromatic rings. The number of hydrogen-bond acceptors (Lipinski definition) is 3. The van der Waals surface area contributed by atoms with Crippen LogP contribution < -0.4 is 5.32 Å². The van der Waals surface area contributed by atoms with Crippen LogP contribution in [-0.2, 0) is 23.1 Å². The van der Waals surface area contributed by atoms with Gasteiger partial charge in [0.1, 0.15) is 6.10 Å². The molecule has 1 amide bonds. The molecule has 2 fully saturated rings. The van der Waals surface area contributed by atoms with Gasteiger partial charge in [-0.25, -0.2) is 0 Å². The van der Waals surface area contributed by atoms with Crippen molar-refractivity contribution in [3.05, 3.63) is 36.0 Å². The van der Waals surface area contributed by atoms with Gasteiger partial charge in [-0.3, -0.25) is 9.69 Å². The van der Waals surface area contributed by atoms with E-state index in [9.17, 15) is 4.79 Å². The molecule has 5 heteroatoms. The quantitative estimate of drug-likeness (QED) is 0.917. The number of benzene rings is 1. The molecule has 0 radical (unpaired) electrons. The maximum Gasteiger partial charge on any atom is 0.249 e. The Bertz CT molecular complexity index is 798. The molecule has 1 aromatic heterocycles. The number of nitrogens with zero attached hydrogens (tertiary/aromatic N) is 2. The fourth-order valence-corrected chi connectivity index (χ4v) is 4.55. The summed E-state index contributed by atoms with van der Waals surface area (Å²) in [6.45, 7) is 5.97. The Morgan fingerprint density at radius 1 is 1.27 bits per heavy atom. The molecule has 0 unspecified atom stereocenters. The molecule has 2 aliphatic rings. The monoisotopic (exact) mass is 355 g/mol. The highest BCUT2D eigenvalue weighted by Gasteiger charge is 2.41. The third-order valence-electron chi connectivity index (χ3n) is 5.74. The highest BCUT2D eigenvalue weighted by Crippen LogP contribution is 2.33. The van der Waals surface area contributed by atoms with E-state index >= 15 is 0 Å². The Morgan fingerprint density at radius 3 is 2.88 bits per heavy atom. The van der Waals surface area contributed by atoms with E-state index in [4.69, 9.17) is 4.74 Å². The van der Waals surface area contributed by atoms with Crippen LogP contribution in [0.2, 0.25) is 0 Å². The first-order valence-electron chi connectivity index (χ1n) is 9.75. The van der Waals surface area contributed by atoms with E-state index in [1.807, 2.05) is 13.8 Å². The lowest BCUT2D eigenvalue weighted by Crippen LogP contribution is -2.48. The van der Waals surface area contributed by atoms with E-state index in [0.29, 0.717) is 6.04 Å². The molecule has 1 aromatic carbocycles. The van der Waals surface area contributed by atoms with Crippen molar-refractivity contribution >= 4 is 16.8 Å². The lowest BCUT2D eigenvalue weighted by molar-refractivity contribution is -0.144. The van der Waals surface area contributed by atoms with Crippen molar-refractivity contribution in [3.8, 4) is 0 Å². The Labute approximate surface area is 155 Å². The summed E-state index contributed by atoms with van der Waals surface area (Å²) < 4.78 is 8.38. The van der Waals surface area contributed by atoms with Crippen LogP contribution >= 0.6 is 0 Å². The number of ether oxygens (including phenoxy) is 1. The van der Waals surface area contributed by atoms with Crippen LogP contribution in [0.3, 0.4) is 0 Å². The largest absolute Gasteiger partial charge is 0.363 e. The predicted octanol–water partition coefficient (Wildman–Crippen LogP) is 2.82. The molecule has 1 N–H and O–H groups in total. The second kappa shape index (κ2) is 7.05. The first-order valence-corrected chi connectivity index (χ1v) is 9.75. The Hall–Kier alpha value is -1.85. The van der Waals surface area contributed by atoms with Crippen LogP contribution in [0.1, 0.15) is 38.7 Å². The number of carbonyl (C=O) groups excluding carboxylic acids is 1. The molecular weight excluding hydrogens is 326 g/mol. The molecule has 0 aliphatic carbocycles. The van der Waals surface area contributed by atoms with Crippen molar-refractivity contribution in [2.45, 2.75) is 63.9 Å². The molecule has 26 heavy (non-hydrogen) atoms. The van der Waals surface area contributed by atoms with Gasteiger partial charge in [-0.15, -0.1) is 0 Å². The maximum atomic E-state index is 12.3. The van der Waals surface area contributed by atoms with Crippen molar-refractivity contribution in [2.75, 3.05) is 6.54 Å². The Balaban J connectivity index is 1.44. The number of carbonyl (C=O) groups is 1. The van der Waals surface area contributed by atoms with Crippen molar-refractivity contribution in [2.24, 2.45) is 7.05 Å². The van der Waals surface area contributed by atoms with Crippen molar-refractivity contribution in [1.29, 1.82) is 0 Å². The highest BCUT2D eigenvalue weighted by molar-refractivity contribution is 5.84. The molecule has 2 aliphatic heterocycles. The summed E-state index contributed by atoms with van der Waals surface area (Å²) in [4.78, 5) is 14.8. The van der Waals surface area contributed by atoms with Crippen LogP contribution in [0.15, 0.2) is 30.5 Å². The van der Waals surface area contributed by atoms with Crippen LogP contribution in [-0.4, -0.2) is 46.2 Å². The van der Waals surface area contributed by atoms with E-state index in [2.05, 4.69) is 52.3 Å². The zero-order valence-electron chi connectivity index (χ0n) is 15.9. The van der Waals surface area contributed by atoms with Gasteiger partial charge in [0.25, 0.3) is 0 Å². The Kier molecular flexibility index (Phi) is 4.76. The third kappa shape index (κ3) is 3.26. The predicted molar refractivity (Wildman–Crippen MR) is 103 cm³/mol. The van der Waals surface area contributed by atoms with Gasteiger partial charge in [-0.2, -0.15) is 0 Å². The zero-order chi connectivity index (χ0) is 18.3. The molecule has 0 spiro atoms. The van der Waals surface area contributed by atoms with Crippen molar-refractivity contribution in [1.82, 2.24) is 14.8 Å². The van der Waals surface area contributed by atoms with E-state index in [1.165, 1.54) is 16.5 Å². The first-order chi connectivity index (χ1) is 12.5. The minimum absolute atomic E-state index is 0.0472. The molecule has 3 atom stereocenters. The fraction of sp³-hybridized carbons (Fsp3) is 0.571. The minimum atomic E-state index is -0.281. The summed E-state index contributed by atoms with van der Waals surface area (Å²) in [5, 5.41) is 4.32. The molecular formula is C21H29N3O2. The molecule has 4 rings (SSSR count). The summed E-state index contributed by atoms with van der Waals surface area (Å²) in [6.07, 6.45) is 5.01. The molecule has 5 nitrogen and oxygen atoms in total. The summed E-state index contributed by atoms with van der Waals surface area (Å²) in [5.74, 6) is 0.0472. The highest BCUT2D eigenvalue weighted by atomic mass is 16.5. The van der Waals surface area contributed by atoms with E-state index < -0.39 is 0 Å². The SMILES string of the molecule is CC(C)NC(=O)[C@H]1CC[C@H]2[C@H](CCN2Cc2cn(C)c3ccccc23)O1. The number of fused-ring (bicyclic) bond motifs is 2. The number of rotatable bonds is 4. The van der Waals surface area contributed by atoms with Crippen LogP contribution in [0.25, 0.3) is 10.9 Å². The van der Waals surface area contributed by atoms with Crippen LogP contribution in [0.4, 0.5) is 0 Å². The smallest absolute Gasteiger partial charge is 0.249 e. The summed E-state index contributed by atoms with van der Waals surface area (Å²) in [7, 11) is 2.11. The number of para-hydroxylation sites is 1. The normalized spacial score (nSPS) is 26.4. The van der Waals surface area contributed by atoms with Gasteiger partial charge in [0.05, 0.1) is 6.10 Å². The second-order valence-corrected chi connectivity index (χ2v) is 8.01. The van der Waals surface area contributed by atoms with Gasteiger partial charge < -0.3 is 14.6 Å². The number of amides is 1. The van der Waals surface area contributed by atoms with Crippen molar-refractivity contribution < 1.29 is 9.53 Å². The molecule has 2 saturated heterocycles. The fourth-order valence-electron chi connectivity index (χ4n) is 4.55. The maximum absolute atomic E-state index is 12.3. The number of hydrogen-bond donors (Lipinski definition) is 1. The molecule has 0 saturated carbocycles. The summed E-state index contributed by atoms with van der Waals surface area (Å²) >= 11 is 0. The van der Waals surface area contributed by atoms with Gasteiger partial charge in [0.15, 0.2) is 0 Å². The second-order valence-electron chi connectivity index (χ2n) is 8.01. The zero-order valence-corrected chi connectivity index (χ0v) is 15.9. The minimum Gasteiger partial charge on any atom is -0.363 e. The van der Waals surface area contributed by atoms with Gasteiger partial charge in [0, 0.05) is 49.3 Å². The number of aromatic nitrogens is 1. The molecule has 0 bridgehead atoms. The molecule has 3 heterocycles. The topological polar surface area (TPSA) is 46.5 Å². The van der Waals surface area contributed by atoms with E-state index in [0.717, 1.165) is 32.4 Å². The standard InChI is InChI=1S/C21H29N3O2/c1-14(2)22-21(25)20-9-8-18-19(26-20)10-11-24(18)13-15-12-23(3)17-7-5-4-6-16(15)17/h4-7,12,14,18-20H,8-11,13H2,1-3H3,(H,22,25)/t18-,19-,20+/m0/s1. The number of likely N-dealkylation sites (tertiary alicyclic amines) is 1. The first kappa shape index (κ1) is 17.6. The van der Waals surface area contributed by atoms with Crippen LogP contribution in [0.5, 0.6) is 0 Å². The van der Waals surface area contributed by atoms with Gasteiger partial charge in [-0.1, -0.05) is 18.2 Å². The van der Waals surface area contributed by atoms with Gasteiger partial charge in [0.2, 0.25) is 5.91 Å². The van der Waals surface area contributed by atoms with Gasteiger partial charge >= 0.3 is 0 Å². The van der Waals surface area contributed by atoms with Crippen LogP contribution in [0, 0.1) is 0 Å². The van der Waals surface area contributed by atoms with Crippen molar-refractivity contribution in [3.63, 3.8) is 0 Å². The van der Waals surface area contributed by atoms with E-state index in [1.54, 1.807) is 0 Å². The number of nitrogens with one attached hydrogen (secondary N) is 1. The number of aryl methyl sites for hydroxylation is 1. The molecule has 140 valence electrons. The van der Waals surface area contributed by atoms with E-state index in [-0.39, 0.29) is 24.2 Å². The summed E-state index contributed by atoms with van der Waals surface area (Å²) in [5.41, 5.74) is 2.66. The average molecular weight is 355 g/mol.